The maximum Gasteiger partial charge on any atom is 0.323 e. The van der Waals surface area contributed by atoms with Crippen molar-refractivity contribution in [1.29, 1.82) is 0 Å². The second-order valence-corrected chi connectivity index (χ2v) is 4.42. The molecule has 0 aromatic heterocycles. The number of carboxylic acid groups (broad SMARTS) is 1. The molecule has 1 fully saturated rings. The SMILES string of the molecule is CCC(C)N(CC(=O)O)C(=O)C(C)=C1CNC1. The van der Waals surface area contributed by atoms with Crippen LogP contribution < -0.4 is 5.32 Å². The van der Waals surface area contributed by atoms with Gasteiger partial charge in [0.25, 0.3) is 0 Å². The fourth-order valence-electron chi connectivity index (χ4n) is 1.68. The average Bonchev–Trinajstić information content (AvgIpc) is 2.21. The highest BCUT2D eigenvalue weighted by atomic mass is 16.4. The maximum atomic E-state index is 12.2. The average molecular weight is 240 g/mol. The van der Waals surface area contributed by atoms with Crippen LogP contribution in [0.25, 0.3) is 0 Å². The molecule has 1 amide bonds. The number of hydrogen-bond acceptors (Lipinski definition) is 3. The van der Waals surface area contributed by atoms with Gasteiger partial charge in [-0.3, -0.25) is 9.59 Å². The lowest BCUT2D eigenvalue weighted by molar-refractivity contribution is -0.144. The van der Waals surface area contributed by atoms with Gasteiger partial charge in [0.15, 0.2) is 0 Å². The molecule has 2 N–H and O–H groups in total. The maximum absolute atomic E-state index is 12.2. The number of nitrogens with zero attached hydrogens (tertiary/aromatic N) is 1. The highest BCUT2D eigenvalue weighted by Gasteiger charge is 2.25. The van der Waals surface area contributed by atoms with E-state index in [4.69, 9.17) is 5.11 Å². The van der Waals surface area contributed by atoms with E-state index in [1.54, 1.807) is 6.92 Å². The largest absolute Gasteiger partial charge is 0.480 e. The summed E-state index contributed by atoms with van der Waals surface area (Å²) in [7, 11) is 0. The Morgan fingerprint density at radius 2 is 2.06 bits per heavy atom. The minimum absolute atomic E-state index is 0.0535. The molecule has 1 atom stereocenters. The van der Waals surface area contributed by atoms with Crippen LogP contribution in [0.15, 0.2) is 11.1 Å². The van der Waals surface area contributed by atoms with E-state index in [-0.39, 0.29) is 18.5 Å². The van der Waals surface area contributed by atoms with Crippen LogP contribution in [0.3, 0.4) is 0 Å². The van der Waals surface area contributed by atoms with Crippen molar-refractivity contribution in [2.75, 3.05) is 19.6 Å². The molecular weight excluding hydrogens is 220 g/mol. The molecule has 0 aliphatic carbocycles. The van der Waals surface area contributed by atoms with Gasteiger partial charge in [0.1, 0.15) is 6.54 Å². The van der Waals surface area contributed by atoms with E-state index in [1.165, 1.54) is 4.90 Å². The summed E-state index contributed by atoms with van der Waals surface area (Å²) in [5.74, 6) is -1.12. The molecule has 0 radical (unpaired) electrons. The van der Waals surface area contributed by atoms with E-state index >= 15 is 0 Å². The van der Waals surface area contributed by atoms with Gasteiger partial charge in [-0.2, -0.15) is 0 Å². The zero-order chi connectivity index (χ0) is 13.0. The molecule has 1 heterocycles. The van der Waals surface area contributed by atoms with Crippen LogP contribution in [0.1, 0.15) is 27.2 Å². The Balaban J connectivity index is 2.82. The van der Waals surface area contributed by atoms with Crippen molar-refractivity contribution in [1.82, 2.24) is 10.2 Å². The van der Waals surface area contributed by atoms with Gasteiger partial charge in [0.05, 0.1) is 0 Å². The van der Waals surface area contributed by atoms with Crippen molar-refractivity contribution in [2.45, 2.75) is 33.2 Å². The fraction of sp³-hybridized carbons (Fsp3) is 0.667. The van der Waals surface area contributed by atoms with E-state index in [9.17, 15) is 9.59 Å². The zero-order valence-corrected chi connectivity index (χ0v) is 10.6. The van der Waals surface area contributed by atoms with E-state index in [0.29, 0.717) is 5.57 Å². The predicted molar refractivity (Wildman–Crippen MR) is 64.7 cm³/mol. The van der Waals surface area contributed by atoms with Gasteiger partial charge in [-0.05, 0) is 25.8 Å². The van der Waals surface area contributed by atoms with Gasteiger partial charge in [0, 0.05) is 24.7 Å². The number of carbonyl (C=O) groups is 2. The lowest BCUT2D eigenvalue weighted by Crippen LogP contribution is -2.44. The summed E-state index contributed by atoms with van der Waals surface area (Å²) in [6.07, 6.45) is 0.750. The summed E-state index contributed by atoms with van der Waals surface area (Å²) in [6, 6.07) is -0.0535. The van der Waals surface area contributed by atoms with E-state index in [0.717, 1.165) is 25.1 Å². The molecule has 1 aliphatic rings. The summed E-state index contributed by atoms with van der Waals surface area (Å²) in [5, 5.41) is 11.9. The summed E-state index contributed by atoms with van der Waals surface area (Å²) in [4.78, 5) is 24.4. The van der Waals surface area contributed by atoms with Crippen LogP contribution >= 0.6 is 0 Å². The third-order valence-electron chi connectivity index (χ3n) is 3.22. The van der Waals surface area contributed by atoms with Gasteiger partial charge >= 0.3 is 5.97 Å². The highest BCUT2D eigenvalue weighted by molar-refractivity contribution is 5.95. The van der Waals surface area contributed by atoms with Crippen molar-refractivity contribution in [3.63, 3.8) is 0 Å². The molecule has 1 rings (SSSR count). The summed E-state index contributed by atoms with van der Waals surface area (Å²) >= 11 is 0. The first-order chi connectivity index (χ1) is 7.97. The first-order valence-electron chi connectivity index (χ1n) is 5.89. The Bertz CT molecular complexity index is 344. The monoisotopic (exact) mass is 240 g/mol. The summed E-state index contributed by atoms with van der Waals surface area (Å²) < 4.78 is 0. The second kappa shape index (κ2) is 5.82. The first kappa shape index (κ1) is 13.7. The van der Waals surface area contributed by atoms with Crippen molar-refractivity contribution in [2.24, 2.45) is 0 Å². The standard InChI is InChI=1S/C12H20N2O3/c1-4-8(2)14(7-11(15)16)12(17)9(3)10-5-13-6-10/h8,13H,4-7H2,1-3H3,(H,15,16). The number of aliphatic carboxylic acids is 1. The van der Waals surface area contributed by atoms with Gasteiger partial charge < -0.3 is 15.3 Å². The Labute approximate surface area is 101 Å². The van der Waals surface area contributed by atoms with Crippen LogP contribution in [0, 0.1) is 0 Å². The molecule has 17 heavy (non-hydrogen) atoms. The van der Waals surface area contributed by atoms with Crippen molar-refractivity contribution < 1.29 is 14.7 Å². The van der Waals surface area contributed by atoms with Gasteiger partial charge in [-0.25, -0.2) is 0 Å². The Morgan fingerprint density at radius 1 is 1.47 bits per heavy atom. The Hall–Kier alpha value is -1.36. The van der Waals surface area contributed by atoms with E-state index in [1.807, 2.05) is 13.8 Å². The van der Waals surface area contributed by atoms with Crippen LogP contribution in [0.5, 0.6) is 0 Å². The predicted octanol–water partition coefficient (Wildman–Crippen LogP) is 0.618. The van der Waals surface area contributed by atoms with Gasteiger partial charge in [0.2, 0.25) is 5.91 Å². The van der Waals surface area contributed by atoms with Gasteiger partial charge in [-0.1, -0.05) is 6.92 Å². The number of carbonyl (C=O) groups excluding carboxylic acids is 1. The van der Waals surface area contributed by atoms with Crippen LogP contribution in [0.4, 0.5) is 0 Å². The minimum Gasteiger partial charge on any atom is -0.480 e. The molecule has 0 saturated carbocycles. The van der Waals surface area contributed by atoms with Crippen molar-refractivity contribution in [3.05, 3.63) is 11.1 Å². The third kappa shape index (κ3) is 3.30. The smallest absolute Gasteiger partial charge is 0.323 e. The molecule has 0 aromatic rings. The molecule has 5 heteroatoms. The molecule has 5 nitrogen and oxygen atoms in total. The normalized spacial score (nSPS) is 16.1. The molecule has 1 saturated heterocycles. The van der Waals surface area contributed by atoms with Crippen LogP contribution in [0.2, 0.25) is 0 Å². The van der Waals surface area contributed by atoms with Gasteiger partial charge in [-0.15, -0.1) is 0 Å². The number of hydrogen-bond donors (Lipinski definition) is 2. The number of rotatable bonds is 5. The van der Waals surface area contributed by atoms with E-state index < -0.39 is 5.97 Å². The first-order valence-corrected chi connectivity index (χ1v) is 5.89. The highest BCUT2D eigenvalue weighted by Crippen LogP contribution is 2.14. The second-order valence-electron chi connectivity index (χ2n) is 4.42. The number of amides is 1. The van der Waals surface area contributed by atoms with Crippen LogP contribution in [-0.4, -0.2) is 47.6 Å². The minimum atomic E-state index is -0.969. The zero-order valence-electron chi connectivity index (χ0n) is 10.6. The lowest BCUT2D eigenvalue weighted by Gasteiger charge is -2.30. The molecule has 96 valence electrons. The number of carboxylic acids is 1. The number of nitrogens with one attached hydrogen (secondary N) is 1. The molecular formula is C12H20N2O3. The third-order valence-corrected chi connectivity index (χ3v) is 3.22. The quantitative estimate of drug-likeness (QED) is 0.691. The fourth-order valence-corrected chi connectivity index (χ4v) is 1.68. The molecule has 1 aliphatic heterocycles. The summed E-state index contributed by atoms with van der Waals surface area (Å²) in [6.45, 7) is 6.83. The topological polar surface area (TPSA) is 69.6 Å². The van der Waals surface area contributed by atoms with E-state index in [2.05, 4.69) is 5.32 Å². The molecule has 1 unspecified atom stereocenters. The van der Waals surface area contributed by atoms with Crippen LogP contribution in [-0.2, 0) is 9.59 Å². The Morgan fingerprint density at radius 3 is 2.41 bits per heavy atom. The lowest BCUT2D eigenvalue weighted by atomic mass is 10.0. The molecule has 0 bridgehead atoms. The Kier molecular flexibility index (Phi) is 4.69. The van der Waals surface area contributed by atoms with Crippen molar-refractivity contribution in [3.8, 4) is 0 Å². The van der Waals surface area contributed by atoms with Crippen molar-refractivity contribution >= 4 is 11.9 Å². The summed E-state index contributed by atoms with van der Waals surface area (Å²) in [5.41, 5.74) is 1.76. The molecule has 0 aromatic carbocycles. The molecule has 0 spiro atoms.